The maximum Gasteiger partial charge on any atom is 0.338 e. The number of benzene rings is 2. The van der Waals surface area contributed by atoms with Crippen LogP contribution >= 0.6 is 0 Å². The van der Waals surface area contributed by atoms with Crippen molar-refractivity contribution in [3.63, 3.8) is 0 Å². The first kappa shape index (κ1) is 18.2. The number of esters is 1. The van der Waals surface area contributed by atoms with E-state index in [1.54, 1.807) is 43.3 Å². The third kappa shape index (κ3) is 4.95. The summed E-state index contributed by atoms with van der Waals surface area (Å²) in [6, 6.07) is 19.9. The highest BCUT2D eigenvalue weighted by Gasteiger charge is 2.06. The average molecular weight is 361 g/mol. The number of ether oxygens (including phenoxy) is 1. The van der Waals surface area contributed by atoms with Crippen LogP contribution in [0.1, 0.15) is 23.0 Å². The number of nitrogens with one attached hydrogen (secondary N) is 1. The van der Waals surface area contributed by atoms with Gasteiger partial charge in [0, 0.05) is 17.3 Å². The van der Waals surface area contributed by atoms with Crippen molar-refractivity contribution in [1.29, 1.82) is 0 Å². The van der Waals surface area contributed by atoms with Crippen molar-refractivity contribution < 1.29 is 18.7 Å². The van der Waals surface area contributed by atoms with Crippen molar-refractivity contribution in [2.45, 2.75) is 6.92 Å². The molecule has 0 radical (unpaired) electrons. The van der Waals surface area contributed by atoms with Crippen LogP contribution in [0.2, 0.25) is 0 Å². The second kappa shape index (κ2) is 8.67. The Hall–Kier alpha value is -3.60. The van der Waals surface area contributed by atoms with Gasteiger partial charge in [0.2, 0.25) is 5.91 Å². The van der Waals surface area contributed by atoms with E-state index in [0.29, 0.717) is 23.6 Å². The van der Waals surface area contributed by atoms with E-state index in [9.17, 15) is 9.59 Å². The molecular formula is C22H19NO4. The molecule has 1 aromatic heterocycles. The zero-order valence-corrected chi connectivity index (χ0v) is 14.8. The molecule has 0 saturated carbocycles. The highest BCUT2D eigenvalue weighted by Crippen LogP contribution is 2.22. The van der Waals surface area contributed by atoms with Gasteiger partial charge in [-0.15, -0.1) is 0 Å². The predicted octanol–water partition coefficient (Wildman–Crippen LogP) is 4.78. The Morgan fingerprint density at radius 1 is 1.00 bits per heavy atom. The van der Waals surface area contributed by atoms with Gasteiger partial charge in [-0.25, -0.2) is 4.79 Å². The molecule has 136 valence electrons. The molecule has 0 fully saturated rings. The molecule has 0 spiro atoms. The molecule has 1 N–H and O–H groups in total. The number of hydrogen-bond donors (Lipinski definition) is 1. The molecule has 0 aliphatic heterocycles. The molecule has 27 heavy (non-hydrogen) atoms. The molecule has 0 aliphatic rings. The highest BCUT2D eigenvalue weighted by molar-refractivity contribution is 6.02. The van der Waals surface area contributed by atoms with E-state index >= 15 is 0 Å². The highest BCUT2D eigenvalue weighted by atomic mass is 16.5. The molecule has 2 aromatic carbocycles. The first-order valence-electron chi connectivity index (χ1n) is 8.57. The Labute approximate surface area is 157 Å². The number of rotatable bonds is 6. The number of carbonyl (C=O) groups is 2. The Balaban J connectivity index is 1.59. The summed E-state index contributed by atoms with van der Waals surface area (Å²) in [5.41, 5.74) is 2.00. The van der Waals surface area contributed by atoms with Crippen LogP contribution in [0.4, 0.5) is 5.69 Å². The quantitative estimate of drug-likeness (QED) is 0.507. The Bertz CT molecular complexity index is 940. The number of hydrogen-bond acceptors (Lipinski definition) is 4. The lowest BCUT2D eigenvalue weighted by molar-refractivity contribution is -0.111. The fourth-order valence-electron chi connectivity index (χ4n) is 2.45. The molecule has 0 bridgehead atoms. The van der Waals surface area contributed by atoms with Crippen LogP contribution in [0.25, 0.3) is 17.4 Å². The van der Waals surface area contributed by atoms with Crippen LogP contribution in [-0.4, -0.2) is 18.5 Å². The van der Waals surface area contributed by atoms with Crippen molar-refractivity contribution in [2.75, 3.05) is 11.9 Å². The van der Waals surface area contributed by atoms with Gasteiger partial charge in [-0.1, -0.05) is 30.3 Å². The maximum absolute atomic E-state index is 12.1. The van der Waals surface area contributed by atoms with Crippen molar-refractivity contribution >= 4 is 23.6 Å². The first-order valence-corrected chi connectivity index (χ1v) is 8.57. The van der Waals surface area contributed by atoms with E-state index in [4.69, 9.17) is 9.15 Å². The number of amides is 1. The summed E-state index contributed by atoms with van der Waals surface area (Å²) in [7, 11) is 0. The zero-order chi connectivity index (χ0) is 19.1. The third-order valence-corrected chi connectivity index (χ3v) is 3.75. The lowest BCUT2D eigenvalue weighted by Crippen LogP contribution is -2.08. The van der Waals surface area contributed by atoms with Crippen LogP contribution in [0.3, 0.4) is 0 Å². The molecule has 0 atom stereocenters. The van der Waals surface area contributed by atoms with E-state index in [1.807, 2.05) is 36.4 Å². The molecule has 3 aromatic rings. The average Bonchev–Trinajstić information content (AvgIpc) is 3.17. The van der Waals surface area contributed by atoms with Gasteiger partial charge in [-0.3, -0.25) is 4.79 Å². The Morgan fingerprint density at radius 3 is 2.44 bits per heavy atom. The van der Waals surface area contributed by atoms with Gasteiger partial charge in [0.25, 0.3) is 0 Å². The SMILES string of the molecule is CCOC(=O)c1ccc(NC(=O)C=Cc2ccc(-c3ccccc3)o2)cc1. The summed E-state index contributed by atoms with van der Waals surface area (Å²) in [6.45, 7) is 2.07. The van der Waals surface area contributed by atoms with Crippen LogP contribution in [0, 0.1) is 0 Å². The van der Waals surface area contributed by atoms with Crippen LogP contribution < -0.4 is 5.32 Å². The molecule has 0 aliphatic carbocycles. The van der Waals surface area contributed by atoms with Gasteiger partial charge in [0.1, 0.15) is 11.5 Å². The molecular weight excluding hydrogens is 342 g/mol. The Morgan fingerprint density at radius 2 is 1.74 bits per heavy atom. The van der Waals surface area contributed by atoms with Crippen molar-refractivity contribution in [3.05, 3.63) is 84.1 Å². The minimum Gasteiger partial charge on any atom is -0.462 e. The van der Waals surface area contributed by atoms with Crippen molar-refractivity contribution in [1.82, 2.24) is 0 Å². The number of furan rings is 1. The minimum absolute atomic E-state index is 0.295. The fraction of sp³-hybridized carbons (Fsp3) is 0.0909. The smallest absolute Gasteiger partial charge is 0.338 e. The van der Waals surface area contributed by atoms with Gasteiger partial charge in [-0.05, 0) is 49.4 Å². The van der Waals surface area contributed by atoms with E-state index in [2.05, 4.69) is 5.32 Å². The van der Waals surface area contributed by atoms with Crippen molar-refractivity contribution in [3.8, 4) is 11.3 Å². The summed E-state index contributed by atoms with van der Waals surface area (Å²) < 4.78 is 10.6. The van der Waals surface area contributed by atoms with Gasteiger partial charge >= 0.3 is 5.97 Å². The van der Waals surface area contributed by atoms with Crippen molar-refractivity contribution in [2.24, 2.45) is 0 Å². The molecule has 0 unspecified atom stereocenters. The van der Waals surface area contributed by atoms with Crippen LogP contribution in [0.15, 0.2) is 77.2 Å². The standard InChI is InChI=1S/C22H19NO4/c1-2-26-22(25)17-8-10-18(11-9-17)23-21(24)15-13-19-12-14-20(27-19)16-6-4-3-5-7-16/h3-15H,2H2,1H3,(H,23,24). The van der Waals surface area contributed by atoms with Gasteiger partial charge in [-0.2, -0.15) is 0 Å². The number of anilines is 1. The van der Waals surface area contributed by atoms with E-state index in [-0.39, 0.29) is 11.9 Å². The topological polar surface area (TPSA) is 68.5 Å². The molecule has 3 rings (SSSR count). The molecule has 5 nitrogen and oxygen atoms in total. The first-order chi connectivity index (χ1) is 13.2. The Kier molecular flexibility index (Phi) is 5.84. The lowest BCUT2D eigenvalue weighted by atomic mass is 10.2. The summed E-state index contributed by atoms with van der Waals surface area (Å²) in [6.07, 6.45) is 3.00. The fourth-order valence-corrected chi connectivity index (χ4v) is 2.45. The van der Waals surface area contributed by atoms with E-state index in [0.717, 1.165) is 11.3 Å². The van der Waals surface area contributed by atoms with E-state index < -0.39 is 0 Å². The molecule has 5 heteroatoms. The van der Waals surface area contributed by atoms with Gasteiger partial charge < -0.3 is 14.5 Å². The van der Waals surface area contributed by atoms with E-state index in [1.165, 1.54) is 6.08 Å². The zero-order valence-electron chi connectivity index (χ0n) is 14.8. The van der Waals surface area contributed by atoms with Gasteiger partial charge in [0.05, 0.1) is 12.2 Å². The summed E-state index contributed by atoms with van der Waals surface area (Å²) in [5.74, 6) is 0.644. The summed E-state index contributed by atoms with van der Waals surface area (Å²) in [4.78, 5) is 23.7. The lowest BCUT2D eigenvalue weighted by Gasteiger charge is -2.04. The van der Waals surface area contributed by atoms with Gasteiger partial charge in [0.15, 0.2) is 0 Å². The largest absolute Gasteiger partial charge is 0.462 e. The summed E-state index contributed by atoms with van der Waals surface area (Å²) >= 11 is 0. The van der Waals surface area contributed by atoms with Crippen LogP contribution in [-0.2, 0) is 9.53 Å². The monoisotopic (exact) mass is 361 g/mol. The molecule has 1 heterocycles. The molecule has 0 saturated heterocycles. The van der Waals surface area contributed by atoms with Crippen LogP contribution in [0.5, 0.6) is 0 Å². The minimum atomic E-state index is -0.387. The summed E-state index contributed by atoms with van der Waals surface area (Å²) in [5, 5.41) is 2.73. The second-order valence-corrected chi connectivity index (χ2v) is 5.69. The third-order valence-electron chi connectivity index (χ3n) is 3.75. The second-order valence-electron chi connectivity index (χ2n) is 5.69. The maximum atomic E-state index is 12.1. The predicted molar refractivity (Wildman–Crippen MR) is 104 cm³/mol. The number of carbonyl (C=O) groups excluding carboxylic acids is 2. The molecule has 1 amide bonds. The normalized spacial score (nSPS) is 10.7.